The zero-order chi connectivity index (χ0) is 18.1. The van der Waals surface area contributed by atoms with Gasteiger partial charge in [-0.05, 0) is 49.2 Å². The maximum absolute atomic E-state index is 11.7. The van der Waals surface area contributed by atoms with Gasteiger partial charge in [0.1, 0.15) is 5.75 Å². The van der Waals surface area contributed by atoms with Gasteiger partial charge >= 0.3 is 11.8 Å². The van der Waals surface area contributed by atoms with Crippen molar-refractivity contribution in [2.45, 2.75) is 20.4 Å². The highest BCUT2D eigenvalue weighted by molar-refractivity contribution is 6.35. The van der Waals surface area contributed by atoms with Gasteiger partial charge in [-0.3, -0.25) is 9.59 Å². The third-order valence-corrected chi connectivity index (χ3v) is 3.35. The van der Waals surface area contributed by atoms with Crippen LogP contribution in [0.1, 0.15) is 23.6 Å². The second-order valence-electron chi connectivity index (χ2n) is 5.37. The number of benzene rings is 2. The van der Waals surface area contributed by atoms with E-state index in [1.54, 1.807) is 24.3 Å². The molecule has 0 aliphatic heterocycles. The van der Waals surface area contributed by atoms with Gasteiger partial charge in [0.2, 0.25) is 0 Å². The van der Waals surface area contributed by atoms with Gasteiger partial charge in [0.05, 0.1) is 12.8 Å². The van der Waals surface area contributed by atoms with Crippen molar-refractivity contribution >= 4 is 18.0 Å². The normalized spacial score (nSPS) is 10.5. The van der Waals surface area contributed by atoms with Crippen molar-refractivity contribution in [3.8, 4) is 5.75 Å². The van der Waals surface area contributed by atoms with E-state index in [2.05, 4.69) is 15.8 Å². The summed E-state index contributed by atoms with van der Waals surface area (Å²) in [6.45, 7) is 4.78. The number of carbonyl (C=O) groups is 2. The van der Waals surface area contributed by atoms with E-state index in [1.165, 1.54) is 6.21 Å². The van der Waals surface area contributed by atoms with Crippen LogP contribution in [0.4, 0.5) is 0 Å². The van der Waals surface area contributed by atoms with Crippen LogP contribution in [0.25, 0.3) is 0 Å². The molecule has 25 heavy (non-hydrogen) atoms. The molecule has 0 aliphatic rings. The maximum Gasteiger partial charge on any atom is 0.329 e. The van der Waals surface area contributed by atoms with Crippen LogP contribution < -0.4 is 15.5 Å². The molecule has 0 aromatic heterocycles. The van der Waals surface area contributed by atoms with Crippen molar-refractivity contribution in [1.29, 1.82) is 0 Å². The second kappa shape index (κ2) is 9.22. The Kier molecular flexibility index (Phi) is 6.71. The maximum atomic E-state index is 11.7. The molecular weight excluding hydrogens is 318 g/mol. The summed E-state index contributed by atoms with van der Waals surface area (Å²) in [7, 11) is 0. The molecule has 0 aliphatic carbocycles. The molecule has 6 nitrogen and oxygen atoms in total. The fraction of sp³-hybridized carbons (Fsp3) is 0.211. The van der Waals surface area contributed by atoms with Crippen molar-refractivity contribution in [3.63, 3.8) is 0 Å². The zero-order valence-corrected chi connectivity index (χ0v) is 14.3. The van der Waals surface area contributed by atoms with Gasteiger partial charge in [0, 0.05) is 6.54 Å². The Morgan fingerprint density at radius 2 is 1.72 bits per heavy atom. The highest BCUT2D eigenvalue weighted by atomic mass is 16.5. The Morgan fingerprint density at radius 3 is 2.36 bits per heavy atom. The number of rotatable bonds is 6. The fourth-order valence-electron chi connectivity index (χ4n) is 2.00. The van der Waals surface area contributed by atoms with Crippen LogP contribution in [0.5, 0.6) is 5.75 Å². The van der Waals surface area contributed by atoms with Crippen molar-refractivity contribution < 1.29 is 14.3 Å². The summed E-state index contributed by atoms with van der Waals surface area (Å²) in [5.74, 6) is -0.780. The number of amides is 2. The molecule has 2 amide bonds. The van der Waals surface area contributed by atoms with Gasteiger partial charge in [-0.25, -0.2) is 5.43 Å². The van der Waals surface area contributed by atoms with Crippen LogP contribution in [0.15, 0.2) is 53.6 Å². The molecule has 0 heterocycles. The molecule has 6 heteroatoms. The standard InChI is InChI=1S/C19H21N3O3/c1-3-25-17-10-8-16(9-11-17)13-21-22-19(24)18(23)20-12-15-6-4-14(2)5-7-15/h4-11,13H,3,12H2,1-2H3,(H,20,23)(H,22,24)/b21-13+. The van der Waals surface area contributed by atoms with E-state index >= 15 is 0 Å². The van der Waals surface area contributed by atoms with E-state index in [-0.39, 0.29) is 6.54 Å². The first-order chi connectivity index (χ1) is 12.1. The van der Waals surface area contributed by atoms with Gasteiger partial charge in [-0.1, -0.05) is 29.8 Å². The summed E-state index contributed by atoms with van der Waals surface area (Å²) < 4.78 is 5.34. The molecule has 0 saturated carbocycles. The Bertz CT molecular complexity index is 738. The molecule has 0 fully saturated rings. The van der Waals surface area contributed by atoms with Crippen molar-refractivity contribution in [1.82, 2.24) is 10.7 Å². The summed E-state index contributed by atoms with van der Waals surface area (Å²) in [6.07, 6.45) is 1.46. The monoisotopic (exact) mass is 339 g/mol. The molecule has 0 atom stereocenters. The quantitative estimate of drug-likeness (QED) is 0.481. The predicted octanol–water partition coefficient (Wildman–Crippen LogP) is 2.16. The minimum atomic E-state index is -0.811. The summed E-state index contributed by atoms with van der Waals surface area (Å²) >= 11 is 0. The van der Waals surface area contributed by atoms with Crippen LogP contribution in [-0.2, 0) is 16.1 Å². The minimum Gasteiger partial charge on any atom is -0.494 e. The lowest BCUT2D eigenvalue weighted by Gasteiger charge is -2.04. The number of hydrazone groups is 1. The van der Waals surface area contributed by atoms with Crippen molar-refractivity contribution in [2.24, 2.45) is 5.10 Å². The largest absolute Gasteiger partial charge is 0.494 e. The number of ether oxygens (including phenoxy) is 1. The number of nitrogens with one attached hydrogen (secondary N) is 2. The molecule has 0 unspecified atom stereocenters. The van der Waals surface area contributed by atoms with Crippen molar-refractivity contribution in [2.75, 3.05) is 6.61 Å². The van der Waals surface area contributed by atoms with Gasteiger partial charge in [-0.2, -0.15) is 5.10 Å². The van der Waals surface area contributed by atoms with Crippen molar-refractivity contribution in [3.05, 3.63) is 65.2 Å². The number of hydrogen-bond acceptors (Lipinski definition) is 4. The van der Waals surface area contributed by atoms with Crippen LogP contribution in [0, 0.1) is 6.92 Å². The van der Waals surface area contributed by atoms with Gasteiger partial charge in [0.25, 0.3) is 0 Å². The molecule has 0 radical (unpaired) electrons. The van der Waals surface area contributed by atoms with E-state index < -0.39 is 11.8 Å². The third-order valence-electron chi connectivity index (χ3n) is 3.35. The molecule has 2 N–H and O–H groups in total. The Labute approximate surface area is 146 Å². The van der Waals surface area contributed by atoms with E-state index in [0.717, 1.165) is 22.4 Å². The average molecular weight is 339 g/mol. The lowest BCUT2D eigenvalue weighted by Crippen LogP contribution is -2.37. The van der Waals surface area contributed by atoms with Crippen LogP contribution in [0.2, 0.25) is 0 Å². The number of nitrogens with zero attached hydrogens (tertiary/aromatic N) is 1. The van der Waals surface area contributed by atoms with E-state index in [1.807, 2.05) is 38.1 Å². The second-order valence-corrected chi connectivity index (χ2v) is 5.37. The lowest BCUT2D eigenvalue weighted by molar-refractivity contribution is -0.139. The Hall–Kier alpha value is -3.15. The topological polar surface area (TPSA) is 79.8 Å². The third kappa shape index (κ3) is 6.10. The summed E-state index contributed by atoms with van der Waals surface area (Å²) in [5, 5.41) is 6.33. The number of aryl methyl sites for hydroxylation is 1. The summed E-state index contributed by atoms with van der Waals surface area (Å²) in [4.78, 5) is 23.4. The van der Waals surface area contributed by atoms with Crippen LogP contribution >= 0.6 is 0 Å². The predicted molar refractivity (Wildman–Crippen MR) is 96.4 cm³/mol. The van der Waals surface area contributed by atoms with Gasteiger partial charge in [-0.15, -0.1) is 0 Å². The zero-order valence-electron chi connectivity index (χ0n) is 14.3. The summed E-state index contributed by atoms with van der Waals surface area (Å²) in [5.41, 5.74) is 5.04. The number of hydrogen-bond donors (Lipinski definition) is 2. The SMILES string of the molecule is CCOc1ccc(/C=N/NC(=O)C(=O)NCc2ccc(C)cc2)cc1. The molecule has 2 rings (SSSR count). The lowest BCUT2D eigenvalue weighted by atomic mass is 10.1. The minimum absolute atomic E-state index is 0.287. The average Bonchev–Trinajstić information content (AvgIpc) is 2.62. The van der Waals surface area contributed by atoms with Crippen LogP contribution in [-0.4, -0.2) is 24.6 Å². The highest BCUT2D eigenvalue weighted by Crippen LogP contribution is 2.10. The Balaban J connectivity index is 1.78. The molecule has 0 spiro atoms. The van der Waals surface area contributed by atoms with Gasteiger partial charge < -0.3 is 10.1 Å². The molecule has 2 aromatic rings. The first-order valence-electron chi connectivity index (χ1n) is 7.98. The van der Waals surface area contributed by atoms with E-state index in [9.17, 15) is 9.59 Å². The molecule has 0 bridgehead atoms. The first kappa shape index (κ1) is 18.2. The van der Waals surface area contributed by atoms with E-state index in [0.29, 0.717) is 6.61 Å². The smallest absolute Gasteiger partial charge is 0.329 e. The fourth-order valence-corrected chi connectivity index (χ4v) is 2.00. The molecule has 2 aromatic carbocycles. The summed E-state index contributed by atoms with van der Waals surface area (Å²) in [6, 6.07) is 14.9. The van der Waals surface area contributed by atoms with E-state index in [4.69, 9.17) is 4.74 Å². The Morgan fingerprint density at radius 1 is 1.04 bits per heavy atom. The molecular formula is C19H21N3O3. The highest BCUT2D eigenvalue weighted by Gasteiger charge is 2.11. The number of carbonyl (C=O) groups excluding carboxylic acids is 2. The van der Waals surface area contributed by atoms with Crippen LogP contribution in [0.3, 0.4) is 0 Å². The molecule has 0 saturated heterocycles. The first-order valence-corrected chi connectivity index (χ1v) is 7.98. The van der Waals surface area contributed by atoms with Gasteiger partial charge in [0.15, 0.2) is 0 Å². The molecule has 130 valence electrons.